The molecule has 0 radical (unpaired) electrons. The van der Waals surface area contributed by atoms with Crippen LogP contribution in [-0.4, -0.2) is 42.3 Å². The van der Waals surface area contributed by atoms with Gasteiger partial charge in [-0.05, 0) is 31.0 Å². The van der Waals surface area contributed by atoms with E-state index in [2.05, 4.69) is 30.2 Å². The number of rotatable bonds is 4. The van der Waals surface area contributed by atoms with Gasteiger partial charge in [0.15, 0.2) is 0 Å². The van der Waals surface area contributed by atoms with Gasteiger partial charge in [0.1, 0.15) is 11.5 Å². The maximum Gasteiger partial charge on any atom is 0.274 e. The van der Waals surface area contributed by atoms with Crippen molar-refractivity contribution in [2.24, 2.45) is 0 Å². The Morgan fingerprint density at radius 2 is 2.04 bits per heavy atom. The van der Waals surface area contributed by atoms with Crippen molar-refractivity contribution in [2.45, 2.75) is 18.9 Å². The predicted octanol–water partition coefficient (Wildman–Crippen LogP) is 2.38. The molecular formula is C18H17N7O. The third-order valence-corrected chi connectivity index (χ3v) is 4.22. The summed E-state index contributed by atoms with van der Waals surface area (Å²) >= 11 is 0. The first-order chi connectivity index (χ1) is 12.8. The van der Waals surface area contributed by atoms with Gasteiger partial charge in [0.05, 0.1) is 17.9 Å². The molecule has 1 atom stereocenters. The summed E-state index contributed by atoms with van der Waals surface area (Å²) in [5, 5.41) is 3.08. The molecule has 8 nitrogen and oxygen atoms in total. The standard InChI is InChI=1S/C18H17N7O/c26-17(14-12-19-9-10-20-14)25-11-3-4-15(25)13-6-8-22-18(23-13)24-16-5-1-2-7-21-16/h1-2,5-10,12,15H,3-4,11H2,(H,21,22,23,24)/t15-/m1/s1. The first-order valence-electron chi connectivity index (χ1n) is 8.39. The SMILES string of the molecule is O=C(c1cnccn1)N1CCC[C@@H]1c1ccnc(Nc2ccccn2)n1. The monoisotopic (exact) mass is 347 g/mol. The first-order valence-corrected chi connectivity index (χ1v) is 8.39. The topological polar surface area (TPSA) is 96.8 Å². The number of carbonyl (C=O) groups is 1. The molecule has 0 spiro atoms. The molecule has 0 saturated carbocycles. The van der Waals surface area contributed by atoms with Crippen LogP contribution in [-0.2, 0) is 0 Å². The van der Waals surface area contributed by atoms with Gasteiger partial charge in [-0.1, -0.05) is 6.07 Å². The van der Waals surface area contributed by atoms with Crippen LogP contribution in [0.2, 0.25) is 0 Å². The second kappa shape index (κ2) is 7.22. The van der Waals surface area contributed by atoms with E-state index in [0.717, 1.165) is 18.5 Å². The summed E-state index contributed by atoms with van der Waals surface area (Å²) in [6.07, 6.45) is 9.74. The lowest BCUT2D eigenvalue weighted by molar-refractivity contribution is 0.0726. The Hall–Kier alpha value is -3.42. The van der Waals surface area contributed by atoms with Gasteiger partial charge in [0.25, 0.3) is 5.91 Å². The van der Waals surface area contributed by atoms with Crippen LogP contribution in [0.3, 0.4) is 0 Å². The summed E-state index contributed by atoms with van der Waals surface area (Å²) in [6.45, 7) is 0.674. The molecule has 0 aliphatic carbocycles. The number of likely N-dealkylation sites (tertiary alicyclic amines) is 1. The van der Waals surface area contributed by atoms with E-state index in [1.54, 1.807) is 23.5 Å². The van der Waals surface area contributed by atoms with Crippen molar-refractivity contribution in [3.05, 3.63) is 66.6 Å². The minimum atomic E-state index is -0.126. The third kappa shape index (κ3) is 3.34. The van der Waals surface area contributed by atoms with Gasteiger partial charge < -0.3 is 10.2 Å². The molecule has 1 aliphatic rings. The highest BCUT2D eigenvalue weighted by atomic mass is 16.2. The zero-order chi connectivity index (χ0) is 17.8. The zero-order valence-electron chi connectivity index (χ0n) is 14.0. The summed E-state index contributed by atoms with van der Waals surface area (Å²) in [5.74, 6) is 1.00. The van der Waals surface area contributed by atoms with Crippen LogP contribution in [0.5, 0.6) is 0 Å². The van der Waals surface area contributed by atoms with E-state index in [0.29, 0.717) is 24.0 Å². The lowest BCUT2D eigenvalue weighted by atomic mass is 10.1. The highest BCUT2D eigenvalue weighted by molar-refractivity contribution is 5.92. The average Bonchev–Trinajstić information content (AvgIpc) is 3.19. The molecule has 0 unspecified atom stereocenters. The average molecular weight is 347 g/mol. The van der Waals surface area contributed by atoms with Gasteiger partial charge in [-0.3, -0.25) is 9.78 Å². The Bertz CT molecular complexity index is 888. The van der Waals surface area contributed by atoms with Crippen LogP contribution in [0, 0.1) is 0 Å². The summed E-state index contributed by atoms with van der Waals surface area (Å²) in [7, 11) is 0. The quantitative estimate of drug-likeness (QED) is 0.774. The van der Waals surface area contributed by atoms with E-state index in [-0.39, 0.29) is 11.9 Å². The number of carbonyl (C=O) groups excluding carboxylic acids is 1. The predicted molar refractivity (Wildman–Crippen MR) is 94.6 cm³/mol. The Morgan fingerprint density at radius 1 is 1.08 bits per heavy atom. The van der Waals surface area contributed by atoms with Gasteiger partial charge in [-0.25, -0.2) is 19.9 Å². The van der Waals surface area contributed by atoms with Crippen LogP contribution >= 0.6 is 0 Å². The summed E-state index contributed by atoms with van der Waals surface area (Å²) in [6, 6.07) is 7.32. The molecule has 0 bridgehead atoms. The molecular weight excluding hydrogens is 330 g/mol. The molecule has 0 aromatic carbocycles. The molecule has 1 saturated heterocycles. The van der Waals surface area contributed by atoms with Gasteiger partial charge in [0, 0.05) is 31.3 Å². The molecule has 3 aromatic heterocycles. The molecule has 4 heterocycles. The van der Waals surface area contributed by atoms with Crippen molar-refractivity contribution in [3.63, 3.8) is 0 Å². The fourth-order valence-corrected chi connectivity index (χ4v) is 3.04. The van der Waals surface area contributed by atoms with Crippen molar-refractivity contribution in [3.8, 4) is 0 Å². The molecule has 1 fully saturated rings. The van der Waals surface area contributed by atoms with E-state index in [4.69, 9.17) is 0 Å². The molecule has 3 aromatic rings. The molecule has 1 aliphatic heterocycles. The maximum atomic E-state index is 12.8. The summed E-state index contributed by atoms with van der Waals surface area (Å²) in [4.78, 5) is 35.7. The van der Waals surface area contributed by atoms with Crippen LogP contribution in [0.1, 0.15) is 35.1 Å². The van der Waals surface area contributed by atoms with Gasteiger partial charge in [0.2, 0.25) is 5.95 Å². The zero-order valence-corrected chi connectivity index (χ0v) is 14.0. The van der Waals surface area contributed by atoms with Crippen molar-refractivity contribution in [1.82, 2.24) is 29.8 Å². The van der Waals surface area contributed by atoms with E-state index >= 15 is 0 Å². The lowest BCUT2D eigenvalue weighted by Crippen LogP contribution is -2.31. The molecule has 8 heteroatoms. The number of anilines is 2. The Labute approximate surface area is 150 Å². The van der Waals surface area contributed by atoms with Gasteiger partial charge >= 0.3 is 0 Å². The largest absolute Gasteiger partial charge is 0.329 e. The van der Waals surface area contributed by atoms with Crippen LogP contribution in [0.4, 0.5) is 11.8 Å². The lowest BCUT2D eigenvalue weighted by Gasteiger charge is -2.24. The normalized spacial score (nSPS) is 16.5. The van der Waals surface area contributed by atoms with E-state index in [1.807, 2.05) is 24.3 Å². The van der Waals surface area contributed by atoms with E-state index in [1.165, 1.54) is 12.4 Å². The van der Waals surface area contributed by atoms with Crippen molar-refractivity contribution in [2.75, 3.05) is 11.9 Å². The molecule has 1 amide bonds. The van der Waals surface area contributed by atoms with E-state index < -0.39 is 0 Å². The minimum Gasteiger partial charge on any atom is -0.329 e. The van der Waals surface area contributed by atoms with Crippen molar-refractivity contribution in [1.29, 1.82) is 0 Å². The number of nitrogens with one attached hydrogen (secondary N) is 1. The van der Waals surface area contributed by atoms with Gasteiger partial charge in [-0.15, -0.1) is 0 Å². The Kier molecular flexibility index (Phi) is 4.46. The number of pyridine rings is 1. The number of hydrogen-bond donors (Lipinski definition) is 1. The Morgan fingerprint density at radius 3 is 2.85 bits per heavy atom. The first kappa shape index (κ1) is 16.1. The van der Waals surface area contributed by atoms with Crippen molar-refractivity contribution < 1.29 is 4.79 Å². The fraction of sp³-hybridized carbons (Fsp3) is 0.222. The number of nitrogens with zero attached hydrogens (tertiary/aromatic N) is 6. The summed E-state index contributed by atoms with van der Waals surface area (Å²) in [5.41, 5.74) is 1.15. The smallest absolute Gasteiger partial charge is 0.274 e. The van der Waals surface area contributed by atoms with Crippen LogP contribution in [0.15, 0.2) is 55.2 Å². The minimum absolute atomic E-state index is 0.100. The molecule has 130 valence electrons. The molecule has 1 N–H and O–H groups in total. The molecule has 26 heavy (non-hydrogen) atoms. The third-order valence-electron chi connectivity index (χ3n) is 4.22. The van der Waals surface area contributed by atoms with Gasteiger partial charge in [-0.2, -0.15) is 0 Å². The highest BCUT2D eigenvalue weighted by Crippen LogP contribution is 2.32. The summed E-state index contributed by atoms with van der Waals surface area (Å²) < 4.78 is 0. The number of hydrogen-bond acceptors (Lipinski definition) is 7. The molecule has 4 rings (SSSR count). The second-order valence-corrected chi connectivity index (χ2v) is 5.89. The second-order valence-electron chi connectivity index (χ2n) is 5.89. The van der Waals surface area contributed by atoms with E-state index in [9.17, 15) is 4.79 Å². The maximum absolute atomic E-state index is 12.8. The fourth-order valence-electron chi connectivity index (χ4n) is 3.04. The highest BCUT2D eigenvalue weighted by Gasteiger charge is 2.32. The van der Waals surface area contributed by atoms with Crippen LogP contribution in [0.25, 0.3) is 0 Å². The number of aromatic nitrogens is 5. The number of amides is 1. The Balaban J connectivity index is 1.56. The van der Waals surface area contributed by atoms with Crippen molar-refractivity contribution >= 4 is 17.7 Å². The van der Waals surface area contributed by atoms with Crippen LogP contribution < -0.4 is 5.32 Å².